The quantitative estimate of drug-likeness (QED) is 0.504. The molecule has 4 heteroatoms. The molecule has 2 aromatic carbocycles. The zero-order valence-corrected chi connectivity index (χ0v) is 14.0. The van der Waals surface area contributed by atoms with Gasteiger partial charge in [0.1, 0.15) is 0 Å². The van der Waals surface area contributed by atoms with Crippen LogP contribution < -0.4 is 0 Å². The lowest BCUT2D eigenvalue weighted by Crippen LogP contribution is -1.99. The highest BCUT2D eigenvalue weighted by Gasteiger charge is 2.20. The molecule has 0 heterocycles. The van der Waals surface area contributed by atoms with E-state index in [4.69, 9.17) is 23.2 Å². The van der Waals surface area contributed by atoms with Crippen LogP contribution in [0.25, 0.3) is 0 Å². The van der Waals surface area contributed by atoms with Gasteiger partial charge in [-0.05, 0) is 35.4 Å². The standard InChI is InChI=1S/C14H10Br2Cl2/c15-13(9-3-1-5-11(17)7-9)14(16)10-4-2-6-12(18)8-10/h1-8,13-14H/t13-,14-/m0/s1. The summed E-state index contributed by atoms with van der Waals surface area (Å²) in [6, 6.07) is 15.6. The molecule has 0 saturated heterocycles. The predicted molar refractivity (Wildman–Crippen MR) is 86.2 cm³/mol. The van der Waals surface area contributed by atoms with E-state index in [0.717, 1.165) is 21.2 Å². The van der Waals surface area contributed by atoms with Crippen LogP contribution in [0.3, 0.4) is 0 Å². The van der Waals surface area contributed by atoms with Gasteiger partial charge in [0.05, 0.1) is 9.65 Å². The van der Waals surface area contributed by atoms with Crippen molar-refractivity contribution in [1.82, 2.24) is 0 Å². The summed E-state index contributed by atoms with van der Waals surface area (Å²) in [7, 11) is 0. The summed E-state index contributed by atoms with van der Waals surface area (Å²) in [5, 5.41) is 1.48. The highest BCUT2D eigenvalue weighted by atomic mass is 79.9. The van der Waals surface area contributed by atoms with Crippen molar-refractivity contribution >= 4 is 55.1 Å². The SMILES string of the molecule is Clc1cccc([C@H](Br)[C@@H](Br)c2cccc(Cl)c2)c1. The molecule has 0 spiro atoms. The first-order valence-corrected chi connectivity index (χ1v) is 7.96. The Morgan fingerprint density at radius 1 is 0.722 bits per heavy atom. The van der Waals surface area contributed by atoms with Crippen LogP contribution in [0.2, 0.25) is 10.0 Å². The third-order valence-corrected chi connectivity index (χ3v) is 5.89. The maximum atomic E-state index is 6.01. The van der Waals surface area contributed by atoms with Crippen LogP contribution in [0.4, 0.5) is 0 Å². The van der Waals surface area contributed by atoms with E-state index in [2.05, 4.69) is 31.9 Å². The first-order valence-electron chi connectivity index (χ1n) is 5.37. The molecule has 0 nitrogen and oxygen atoms in total. The fourth-order valence-electron chi connectivity index (χ4n) is 1.69. The van der Waals surface area contributed by atoms with Crippen LogP contribution in [0, 0.1) is 0 Å². The van der Waals surface area contributed by atoms with Gasteiger partial charge in [0.2, 0.25) is 0 Å². The van der Waals surface area contributed by atoms with Crippen LogP contribution >= 0.6 is 55.1 Å². The average molecular weight is 409 g/mol. The second-order valence-corrected chi connectivity index (χ2v) is 6.76. The van der Waals surface area contributed by atoms with E-state index in [1.54, 1.807) is 0 Å². The van der Waals surface area contributed by atoms with E-state index in [9.17, 15) is 0 Å². The Bertz CT molecular complexity index is 493. The Balaban J connectivity index is 2.26. The number of rotatable bonds is 3. The number of hydrogen-bond donors (Lipinski definition) is 0. The van der Waals surface area contributed by atoms with Gasteiger partial charge < -0.3 is 0 Å². The molecule has 2 aromatic rings. The fraction of sp³-hybridized carbons (Fsp3) is 0.143. The van der Waals surface area contributed by atoms with Crippen LogP contribution in [0.1, 0.15) is 20.8 Å². The highest BCUT2D eigenvalue weighted by Crippen LogP contribution is 2.43. The van der Waals surface area contributed by atoms with Gasteiger partial charge in [-0.15, -0.1) is 0 Å². The third-order valence-electron chi connectivity index (χ3n) is 2.59. The van der Waals surface area contributed by atoms with Crippen molar-refractivity contribution < 1.29 is 0 Å². The molecular formula is C14H10Br2Cl2. The Kier molecular flexibility index (Phi) is 5.14. The molecule has 0 amide bonds. The van der Waals surface area contributed by atoms with Crippen molar-refractivity contribution in [3.05, 3.63) is 69.7 Å². The second-order valence-electron chi connectivity index (χ2n) is 3.91. The highest BCUT2D eigenvalue weighted by molar-refractivity contribution is 9.12. The number of halogens is 4. The van der Waals surface area contributed by atoms with Crippen LogP contribution in [0.15, 0.2) is 48.5 Å². The molecule has 0 aliphatic heterocycles. The summed E-state index contributed by atoms with van der Waals surface area (Å²) in [6.07, 6.45) is 0. The van der Waals surface area contributed by atoms with Crippen molar-refractivity contribution in [1.29, 1.82) is 0 Å². The van der Waals surface area contributed by atoms with Crippen molar-refractivity contribution in [2.45, 2.75) is 9.65 Å². The monoisotopic (exact) mass is 406 g/mol. The molecule has 0 N–H and O–H groups in total. The van der Waals surface area contributed by atoms with Crippen LogP contribution in [0.5, 0.6) is 0 Å². The third kappa shape index (κ3) is 3.51. The molecule has 0 aliphatic rings. The Hall–Kier alpha value is -0.0200. The van der Waals surface area contributed by atoms with Crippen LogP contribution in [-0.4, -0.2) is 0 Å². The fourth-order valence-corrected chi connectivity index (χ4v) is 3.27. The lowest BCUT2D eigenvalue weighted by atomic mass is 10.0. The predicted octanol–water partition coefficient (Wildman–Crippen LogP) is 6.57. The smallest absolute Gasteiger partial charge is 0.0561 e. The lowest BCUT2D eigenvalue weighted by molar-refractivity contribution is 0.938. The van der Waals surface area contributed by atoms with Gasteiger partial charge in [-0.2, -0.15) is 0 Å². The van der Waals surface area contributed by atoms with Gasteiger partial charge in [-0.25, -0.2) is 0 Å². The zero-order chi connectivity index (χ0) is 13.1. The van der Waals surface area contributed by atoms with Gasteiger partial charge >= 0.3 is 0 Å². The van der Waals surface area contributed by atoms with Crippen molar-refractivity contribution in [2.75, 3.05) is 0 Å². The first kappa shape index (κ1) is 14.4. The number of benzene rings is 2. The molecule has 0 saturated carbocycles. The Morgan fingerprint density at radius 3 is 1.44 bits per heavy atom. The first-order chi connectivity index (χ1) is 8.58. The second kappa shape index (κ2) is 6.42. The minimum Gasteiger partial charge on any atom is -0.0843 e. The summed E-state index contributed by atoms with van der Waals surface area (Å²) in [5.41, 5.74) is 2.26. The maximum Gasteiger partial charge on any atom is 0.0561 e. The van der Waals surface area contributed by atoms with Crippen molar-refractivity contribution in [2.24, 2.45) is 0 Å². The minimum atomic E-state index is 0.134. The van der Waals surface area contributed by atoms with Crippen molar-refractivity contribution in [3.63, 3.8) is 0 Å². The number of hydrogen-bond acceptors (Lipinski definition) is 0. The molecule has 0 aromatic heterocycles. The maximum absolute atomic E-state index is 6.01. The summed E-state index contributed by atoms with van der Waals surface area (Å²) in [4.78, 5) is 0.268. The van der Waals surface area contributed by atoms with E-state index in [-0.39, 0.29) is 9.65 Å². The summed E-state index contributed by atoms with van der Waals surface area (Å²) in [6.45, 7) is 0. The zero-order valence-electron chi connectivity index (χ0n) is 9.29. The topological polar surface area (TPSA) is 0 Å². The molecule has 2 rings (SSSR count). The van der Waals surface area contributed by atoms with E-state index >= 15 is 0 Å². The van der Waals surface area contributed by atoms with Gasteiger partial charge in [0, 0.05) is 10.0 Å². The van der Waals surface area contributed by atoms with Gasteiger partial charge in [0.25, 0.3) is 0 Å². The largest absolute Gasteiger partial charge is 0.0843 e. The summed E-state index contributed by atoms with van der Waals surface area (Å²) in [5.74, 6) is 0. The molecule has 0 bridgehead atoms. The van der Waals surface area contributed by atoms with Gasteiger partial charge in [0.15, 0.2) is 0 Å². The number of alkyl halides is 2. The summed E-state index contributed by atoms with van der Waals surface area (Å²) >= 11 is 19.4. The molecular weight excluding hydrogens is 399 g/mol. The van der Waals surface area contributed by atoms with Gasteiger partial charge in [-0.3, -0.25) is 0 Å². The molecule has 94 valence electrons. The van der Waals surface area contributed by atoms with E-state index in [1.807, 2.05) is 48.5 Å². The van der Waals surface area contributed by atoms with E-state index in [1.165, 1.54) is 0 Å². The normalized spacial score (nSPS) is 14.2. The summed E-state index contributed by atoms with van der Waals surface area (Å²) < 4.78 is 0. The van der Waals surface area contributed by atoms with E-state index < -0.39 is 0 Å². The Labute approximate surface area is 134 Å². The molecule has 18 heavy (non-hydrogen) atoms. The van der Waals surface area contributed by atoms with E-state index in [0.29, 0.717) is 0 Å². The minimum absolute atomic E-state index is 0.134. The average Bonchev–Trinajstić information content (AvgIpc) is 2.37. The lowest BCUT2D eigenvalue weighted by Gasteiger charge is -2.18. The molecule has 0 fully saturated rings. The van der Waals surface area contributed by atoms with Crippen LogP contribution in [-0.2, 0) is 0 Å². The molecule has 2 atom stereocenters. The van der Waals surface area contributed by atoms with Crippen molar-refractivity contribution in [3.8, 4) is 0 Å². The molecule has 0 aliphatic carbocycles. The molecule has 0 unspecified atom stereocenters. The molecule has 0 radical (unpaired) electrons. The van der Waals surface area contributed by atoms with Gasteiger partial charge in [-0.1, -0.05) is 79.3 Å². The Morgan fingerprint density at radius 2 is 1.11 bits per heavy atom.